The highest BCUT2D eigenvalue weighted by atomic mass is 16.5. The first-order chi connectivity index (χ1) is 11.3. The lowest BCUT2D eigenvalue weighted by atomic mass is 9.80. The zero-order valence-corrected chi connectivity index (χ0v) is 13.7. The molecule has 2 N–H and O–H groups in total. The van der Waals surface area contributed by atoms with Crippen molar-refractivity contribution in [2.45, 2.75) is 44.2 Å². The summed E-state index contributed by atoms with van der Waals surface area (Å²) in [6.07, 6.45) is 4.76. The van der Waals surface area contributed by atoms with Crippen molar-refractivity contribution < 1.29 is 9.47 Å². The quantitative estimate of drug-likeness (QED) is 0.897. The molecule has 1 aliphatic carbocycles. The molecular weight excluding hydrogens is 286 g/mol. The summed E-state index contributed by atoms with van der Waals surface area (Å²) >= 11 is 0. The minimum atomic E-state index is 0.249. The van der Waals surface area contributed by atoms with Gasteiger partial charge in [-0.15, -0.1) is 0 Å². The molecular formula is C20H25NO2. The van der Waals surface area contributed by atoms with Crippen molar-refractivity contribution in [1.29, 1.82) is 0 Å². The van der Waals surface area contributed by atoms with Crippen molar-refractivity contribution >= 4 is 0 Å². The number of ether oxygens (including phenoxy) is 2. The third kappa shape index (κ3) is 3.85. The van der Waals surface area contributed by atoms with Crippen molar-refractivity contribution in [2.75, 3.05) is 7.11 Å². The van der Waals surface area contributed by atoms with Crippen LogP contribution in [0.15, 0.2) is 48.5 Å². The van der Waals surface area contributed by atoms with Crippen LogP contribution in [0.1, 0.15) is 42.7 Å². The van der Waals surface area contributed by atoms with E-state index < -0.39 is 0 Å². The van der Waals surface area contributed by atoms with Gasteiger partial charge in [0.1, 0.15) is 6.61 Å². The van der Waals surface area contributed by atoms with Gasteiger partial charge in [-0.2, -0.15) is 0 Å². The fourth-order valence-corrected chi connectivity index (χ4v) is 3.35. The van der Waals surface area contributed by atoms with Gasteiger partial charge in [-0.25, -0.2) is 0 Å². The average Bonchev–Trinajstić information content (AvgIpc) is 2.61. The molecule has 0 saturated heterocycles. The molecule has 2 atom stereocenters. The SMILES string of the molecule is COc1ccc(C2CCCCC2N)cc1OCc1ccccc1. The Morgan fingerprint density at radius 3 is 2.52 bits per heavy atom. The van der Waals surface area contributed by atoms with Crippen LogP contribution in [0.5, 0.6) is 11.5 Å². The summed E-state index contributed by atoms with van der Waals surface area (Å²) in [4.78, 5) is 0. The summed E-state index contributed by atoms with van der Waals surface area (Å²) in [5.74, 6) is 1.99. The monoisotopic (exact) mass is 311 g/mol. The molecule has 1 aliphatic rings. The highest BCUT2D eigenvalue weighted by molar-refractivity contribution is 5.44. The lowest BCUT2D eigenvalue weighted by molar-refractivity contribution is 0.283. The Morgan fingerprint density at radius 1 is 1.00 bits per heavy atom. The van der Waals surface area contributed by atoms with Crippen LogP contribution in [0.4, 0.5) is 0 Å². The zero-order chi connectivity index (χ0) is 16.1. The minimum Gasteiger partial charge on any atom is -0.493 e. The molecule has 23 heavy (non-hydrogen) atoms. The normalized spacial score (nSPS) is 21.0. The van der Waals surface area contributed by atoms with Gasteiger partial charge in [0.15, 0.2) is 11.5 Å². The Balaban J connectivity index is 1.78. The molecule has 122 valence electrons. The summed E-state index contributed by atoms with van der Waals surface area (Å²) in [7, 11) is 1.68. The second-order valence-electron chi connectivity index (χ2n) is 6.24. The molecule has 0 aliphatic heterocycles. The number of rotatable bonds is 5. The van der Waals surface area contributed by atoms with Crippen LogP contribution < -0.4 is 15.2 Å². The molecule has 3 nitrogen and oxygen atoms in total. The molecule has 1 fully saturated rings. The van der Waals surface area contributed by atoms with E-state index in [-0.39, 0.29) is 6.04 Å². The predicted octanol–water partition coefficient (Wildman–Crippen LogP) is 4.26. The predicted molar refractivity (Wildman–Crippen MR) is 93.0 cm³/mol. The molecule has 0 aromatic heterocycles. The molecule has 0 heterocycles. The van der Waals surface area contributed by atoms with E-state index in [0.29, 0.717) is 12.5 Å². The molecule has 0 radical (unpaired) electrons. The van der Waals surface area contributed by atoms with Gasteiger partial charge in [0.05, 0.1) is 7.11 Å². The van der Waals surface area contributed by atoms with Gasteiger partial charge in [-0.1, -0.05) is 49.2 Å². The summed E-state index contributed by atoms with van der Waals surface area (Å²) < 4.78 is 11.5. The summed E-state index contributed by atoms with van der Waals surface area (Å²) in [6.45, 7) is 0.539. The van der Waals surface area contributed by atoms with Crippen LogP contribution in [-0.4, -0.2) is 13.2 Å². The van der Waals surface area contributed by atoms with E-state index in [1.807, 2.05) is 24.3 Å². The van der Waals surface area contributed by atoms with Crippen molar-refractivity contribution in [3.05, 3.63) is 59.7 Å². The molecule has 2 unspecified atom stereocenters. The molecule has 0 spiro atoms. The second kappa shape index (κ2) is 7.51. The van der Waals surface area contributed by atoms with Crippen LogP contribution >= 0.6 is 0 Å². The maximum absolute atomic E-state index is 6.32. The Kier molecular flexibility index (Phi) is 5.19. The van der Waals surface area contributed by atoms with Gasteiger partial charge in [0.25, 0.3) is 0 Å². The Bertz CT molecular complexity index is 627. The fraction of sp³-hybridized carbons (Fsp3) is 0.400. The Hall–Kier alpha value is -2.00. The van der Waals surface area contributed by atoms with Gasteiger partial charge in [-0.3, -0.25) is 0 Å². The number of hydrogen-bond donors (Lipinski definition) is 1. The van der Waals surface area contributed by atoms with Gasteiger partial charge in [0, 0.05) is 6.04 Å². The fourth-order valence-electron chi connectivity index (χ4n) is 3.35. The number of nitrogens with two attached hydrogens (primary N) is 1. The van der Waals surface area contributed by atoms with E-state index in [4.69, 9.17) is 15.2 Å². The van der Waals surface area contributed by atoms with Gasteiger partial charge < -0.3 is 15.2 Å². The van der Waals surface area contributed by atoms with Crippen LogP contribution in [0.25, 0.3) is 0 Å². The first kappa shape index (κ1) is 15.9. The molecule has 2 aromatic rings. The lowest BCUT2D eigenvalue weighted by Crippen LogP contribution is -2.31. The van der Waals surface area contributed by atoms with E-state index in [9.17, 15) is 0 Å². The van der Waals surface area contributed by atoms with Crippen LogP contribution in [0, 0.1) is 0 Å². The molecule has 3 heteroatoms. The first-order valence-electron chi connectivity index (χ1n) is 8.38. The van der Waals surface area contributed by atoms with Crippen molar-refractivity contribution in [3.63, 3.8) is 0 Å². The smallest absolute Gasteiger partial charge is 0.161 e. The largest absolute Gasteiger partial charge is 0.493 e. The zero-order valence-electron chi connectivity index (χ0n) is 13.7. The van der Waals surface area contributed by atoms with Gasteiger partial charge in [0.2, 0.25) is 0 Å². The highest BCUT2D eigenvalue weighted by Crippen LogP contribution is 2.37. The van der Waals surface area contributed by atoms with Crippen molar-refractivity contribution in [1.82, 2.24) is 0 Å². The van der Waals surface area contributed by atoms with Gasteiger partial charge >= 0.3 is 0 Å². The van der Waals surface area contributed by atoms with E-state index in [0.717, 1.165) is 29.9 Å². The van der Waals surface area contributed by atoms with Crippen molar-refractivity contribution in [3.8, 4) is 11.5 Å². The van der Waals surface area contributed by atoms with E-state index >= 15 is 0 Å². The minimum absolute atomic E-state index is 0.249. The number of methoxy groups -OCH3 is 1. The number of benzene rings is 2. The maximum atomic E-state index is 6.32. The number of hydrogen-bond acceptors (Lipinski definition) is 3. The Labute approximate surface area is 138 Å². The van der Waals surface area contributed by atoms with Crippen LogP contribution in [-0.2, 0) is 6.61 Å². The molecule has 0 bridgehead atoms. The maximum Gasteiger partial charge on any atom is 0.161 e. The summed E-state index contributed by atoms with van der Waals surface area (Å²) in [6, 6.07) is 16.7. The van der Waals surface area contributed by atoms with Gasteiger partial charge in [-0.05, 0) is 42.0 Å². The molecule has 2 aromatic carbocycles. The van der Waals surface area contributed by atoms with Crippen LogP contribution in [0.2, 0.25) is 0 Å². The lowest BCUT2D eigenvalue weighted by Gasteiger charge is -2.29. The summed E-state index contributed by atoms with van der Waals surface area (Å²) in [5, 5.41) is 0. The van der Waals surface area contributed by atoms with Crippen molar-refractivity contribution in [2.24, 2.45) is 5.73 Å². The second-order valence-corrected chi connectivity index (χ2v) is 6.24. The highest BCUT2D eigenvalue weighted by Gasteiger charge is 2.24. The summed E-state index contributed by atoms with van der Waals surface area (Å²) in [5.41, 5.74) is 8.74. The average molecular weight is 311 g/mol. The van der Waals surface area contributed by atoms with E-state index in [1.54, 1.807) is 7.11 Å². The third-order valence-corrected chi connectivity index (χ3v) is 4.67. The first-order valence-corrected chi connectivity index (χ1v) is 8.38. The van der Waals surface area contributed by atoms with E-state index in [2.05, 4.69) is 24.3 Å². The topological polar surface area (TPSA) is 44.5 Å². The Morgan fingerprint density at radius 2 is 1.78 bits per heavy atom. The molecule has 3 rings (SSSR count). The third-order valence-electron chi connectivity index (χ3n) is 4.67. The standard InChI is InChI=1S/C20H25NO2/c1-22-19-12-11-16(17-9-5-6-10-18(17)21)13-20(19)23-14-15-7-3-2-4-8-15/h2-4,7-8,11-13,17-18H,5-6,9-10,14,21H2,1H3. The van der Waals surface area contributed by atoms with E-state index in [1.165, 1.54) is 18.4 Å². The molecule has 1 saturated carbocycles. The molecule has 0 amide bonds. The van der Waals surface area contributed by atoms with Crippen LogP contribution in [0.3, 0.4) is 0 Å².